The van der Waals surface area contributed by atoms with Crippen LogP contribution in [0, 0.1) is 19.7 Å². The minimum Gasteiger partial charge on any atom is -0.484 e. The van der Waals surface area contributed by atoms with Crippen molar-refractivity contribution in [1.82, 2.24) is 10.2 Å². The first kappa shape index (κ1) is 25.0. The highest BCUT2D eigenvalue weighted by Crippen LogP contribution is 2.26. The van der Waals surface area contributed by atoms with Crippen molar-refractivity contribution < 1.29 is 18.7 Å². The first-order valence-electron chi connectivity index (χ1n) is 11.5. The van der Waals surface area contributed by atoms with Gasteiger partial charge in [0.15, 0.2) is 6.61 Å². The second kappa shape index (κ2) is 11.5. The van der Waals surface area contributed by atoms with Gasteiger partial charge in [-0.05, 0) is 74.6 Å². The number of ether oxygens (including phenoxy) is 1. The van der Waals surface area contributed by atoms with Crippen molar-refractivity contribution in [2.45, 2.75) is 71.5 Å². The van der Waals surface area contributed by atoms with Gasteiger partial charge in [-0.15, -0.1) is 0 Å². The van der Waals surface area contributed by atoms with Crippen LogP contribution in [-0.2, 0) is 16.1 Å². The van der Waals surface area contributed by atoms with Crippen molar-refractivity contribution in [2.75, 3.05) is 6.61 Å². The number of aryl methyl sites for hydroxylation is 2. The molecule has 0 saturated heterocycles. The molecular weight excluding hydrogens is 443 g/mol. The van der Waals surface area contributed by atoms with E-state index in [-0.39, 0.29) is 36.8 Å². The molecule has 1 aliphatic carbocycles. The number of rotatable bonds is 8. The monoisotopic (exact) mass is 474 g/mol. The van der Waals surface area contributed by atoms with Crippen LogP contribution in [0.15, 0.2) is 36.4 Å². The number of hydrogen-bond acceptors (Lipinski definition) is 3. The number of amides is 2. The van der Waals surface area contributed by atoms with E-state index in [4.69, 9.17) is 16.3 Å². The van der Waals surface area contributed by atoms with Crippen LogP contribution in [0.2, 0.25) is 5.02 Å². The second-order valence-electron chi connectivity index (χ2n) is 8.83. The molecule has 0 spiro atoms. The fraction of sp³-hybridized carbons (Fsp3) is 0.462. The van der Waals surface area contributed by atoms with Crippen molar-refractivity contribution >= 4 is 23.4 Å². The minimum absolute atomic E-state index is 0.146. The summed E-state index contributed by atoms with van der Waals surface area (Å²) < 4.78 is 19.1. The quantitative estimate of drug-likeness (QED) is 0.561. The van der Waals surface area contributed by atoms with Crippen LogP contribution < -0.4 is 10.1 Å². The summed E-state index contributed by atoms with van der Waals surface area (Å²) in [6.45, 7) is 5.43. The average molecular weight is 475 g/mol. The molecule has 7 heteroatoms. The Balaban J connectivity index is 1.72. The topological polar surface area (TPSA) is 58.6 Å². The molecule has 0 aromatic heterocycles. The predicted molar refractivity (Wildman–Crippen MR) is 128 cm³/mol. The highest BCUT2D eigenvalue weighted by Gasteiger charge is 2.28. The van der Waals surface area contributed by atoms with Gasteiger partial charge < -0.3 is 15.0 Å². The number of benzene rings is 2. The van der Waals surface area contributed by atoms with Crippen LogP contribution in [-0.4, -0.2) is 35.4 Å². The lowest BCUT2D eigenvalue weighted by Gasteiger charge is -2.31. The van der Waals surface area contributed by atoms with Crippen LogP contribution in [0.5, 0.6) is 5.75 Å². The van der Waals surface area contributed by atoms with Gasteiger partial charge in [0.25, 0.3) is 5.91 Å². The zero-order valence-corrected chi connectivity index (χ0v) is 20.3. The molecule has 3 rings (SSSR count). The third kappa shape index (κ3) is 6.94. The van der Waals surface area contributed by atoms with Crippen molar-refractivity contribution in [2.24, 2.45) is 0 Å². The zero-order valence-electron chi connectivity index (χ0n) is 19.5. The van der Waals surface area contributed by atoms with Crippen LogP contribution in [0.3, 0.4) is 0 Å². The molecule has 2 aromatic rings. The normalized spacial score (nSPS) is 15.1. The van der Waals surface area contributed by atoms with Crippen LogP contribution >= 0.6 is 11.6 Å². The Hall–Kier alpha value is -2.60. The summed E-state index contributed by atoms with van der Waals surface area (Å²) in [5.74, 6) is -0.313. The molecule has 0 heterocycles. The molecule has 5 nitrogen and oxygen atoms in total. The molecule has 1 atom stereocenters. The van der Waals surface area contributed by atoms with E-state index in [1.165, 1.54) is 23.5 Å². The largest absolute Gasteiger partial charge is 0.484 e. The number of carbonyl (C=O) groups excluding carboxylic acids is 2. The fourth-order valence-electron chi connectivity index (χ4n) is 4.16. The van der Waals surface area contributed by atoms with E-state index >= 15 is 0 Å². The smallest absolute Gasteiger partial charge is 0.261 e. The lowest BCUT2D eigenvalue weighted by atomic mass is 9.95. The lowest BCUT2D eigenvalue weighted by molar-refractivity contribution is -0.142. The SMILES string of the molecule is Cc1cc(OCC(=O)N(Cc2ccc(F)cc2)C(C)C(=O)NC2CCCCC2)cc(C)c1Cl. The standard InChI is InChI=1S/C26H32ClFN2O3/c1-17-13-23(14-18(2)25(17)27)33-16-24(31)30(15-20-9-11-21(28)12-10-20)19(3)26(32)29-22-7-5-4-6-8-22/h9-14,19,22H,4-8,15-16H2,1-3H3,(H,29,32). The molecule has 2 amide bonds. The number of hydrogen-bond donors (Lipinski definition) is 1. The van der Waals surface area contributed by atoms with E-state index in [1.807, 2.05) is 13.8 Å². The van der Waals surface area contributed by atoms with E-state index in [0.717, 1.165) is 42.4 Å². The van der Waals surface area contributed by atoms with Crippen molar-refractivity contribution in [3.63, 3.8) is 0 Å². The summed E-state index contributed by atoms with van der Waals surface area (Å²) in [6, 6.07) is 8.95. The van der Waals surface area contributed by atoms with Crippen molar-refractivity contribution in [3.05, 3.63) is 63.9 Å². The molecule has 1 unspecified atom stereocenters. The molecule has 1 saturated carbocycles. The van der Waals surface area contributed by atoms with Crippen LogP contribution in [0.4, 0.5) is 4.39 Å². The molecule has 0 radical (unpaired) electrons. The number of halogens is 2. The van der Waals surface area contributed by atoms with Crippen molar-refractivity contribution in [3.8, 4) is 5.75 Å². The van der Waals surface area contributed by atoms with Gasteiger partial charge in [0, 0.05) is 17.6 Å². The van der Waals surface area contributed by atoms with Gasteiger partial charge in [0.2, 0.25) is 5.91 Å². The van der Waals surface area contributed by atoms with Gasteiger partial charge in [-0.25, -0.2) is 4.39 Å². The first-order valence-corrected chi connectivity index (χ1v) is 11.9. The second-order valence-corrected chi connectivity index (χ2v) is 9.21. The highest BCUT2D eigenvalue weighted by molar-refractivity contribution is 6.32. The minimum atomic E-state index is -0.693. The Morgan fingerprint density at radius 2 is 1.73 bits per heavy atom. The summed E-state index contributed by atoms with van der Waals surface area (Å²) in [4.78, 5) is 27.7. The van der Waals surface area contributed by atoms with Crippen LogP contribution in [0.25, 0.3) is 0 Å². The Morgan fingerprint density at radius 1 is 1.12 bits per heavy atom. The third-order valence-corrected chi connectivity index (χ3v) is 6.75. The van der Waals surface area contributed by atoms with E-state index < -0.39 is 6.04 Å². The summed E-state index contributed by atoms with van der Waals surface area (Å²) in [5.41, 5.74) is 2.46. The van der Waals surface area contributed by atoms with Gasteiger partial charge in [-0.3, -0.25) is 9.59 Å². The first-order chi connectivity index (χ1) is 15.7. The summed E-state index contributed by atoms with van der Waals surface area (Å²) >= 11 is 6.22. The van der Waals surface area contributed by atoms with Gasteiger partial charge in [-0.1, -0.05) is 43.0 Å². The molecule has 1 aliphatic rings. The maximum atomic E-state index is 13.4. The Bertz CT molecular complexity index is 951. The Labute approximate surface area is 200 Å². The molecule has 0 aliphatic heterocycles. The maximum absolute atomic E-state index is 13.4. The van der Waals surface area contributed by atoms with Crippen molar-refractivity contribution in [1.29, 1.82) is 0 Å². The zero-order chi connectivity index (χ0) is 24.0. The van der Waals surface area contributed by atoms with Gasteiger partial charge >= 0.3 is 0 Å². The summed E-state index contributed by atoms with van der Waals surface area (Å²) in [6.07, 6.45) is 5.32. The van der Waals surface area contributed by atoms with Gasteiger partial charge in [-0.2, -0.15) is 0 Å². The Kier molecular flexibility index (Phi) is 8.73. The van der Waals surface area contributed by atoms with E-state index in [2.05, 4.69) is 5.32 Å². The lowest BCUT2D eigenvalue weighted by Crippen LogP contribution is -2.51. The van der Waals surface area contributed by atoms with E-state index in [1.54, 1.807) is 31.2 Å². The van der Waals surface area contributed by atoms with Gasteiger partial charge in [0.05, 0.1) is 0 Å². The molecular formula is C26H32ClFN2O3. The van der Waals surface area contributed by atoms with E-state index in [0.29, 0.717) is 10.8 Å². The molecule has 33 heavy (non-hydrogen) atoms. The third-order valence-electron chi connectivity index (χ3n) is 6.16. The molecule has 1 N–H and O–H groups in total. The fourth-order valence-corrected chi connectivity index (χ4v) is 4.26. The summed E-state index contributed by atoms with van der Waals surface area (Å²) in [7, 11) is 0. The molecule has 2 aromatic carbocycles. The van der Waals surface area contributed by atoms with Gasteiger partial charge in [0.1, 0.15) is 17.6 Å². The molecule has 178 valence electrons. The Morgan fingerprint density at radius 3 is 2.33 bits per heavy atom. The van der Waals surface area contributed by atoms with E-state index in [9.17, 15) is 14.0 Å². The number of carbonyl (C=O) groups is 2. The molecule has 1 fully saturated rings. The molecule has 0 bridgehead atoms. The predicted octanol–water partition coefficient (Wildman–Crippen LogP) is 5.34. The summed E-state index contributed by atoms with van der Waals surface area (Å²) in [5, 5.41) is 3.76. The number of nitrogens with zero attached hydrogens (tertiary/aromatic N) is 1. The average Bonchev–Trinajstić information content (AvgIpc) is 2.80. The number of nitrogens with one attached hydrogen (secondary N) is 1. The highest BCUT2D eigenvalue weighted by atomic mass is 35.5. The van der Waals surface area contributed by atoms with Crippen LogP contribution in [0.1, 0.15) is 55.7 Å². The maximum Gasteiger partial charge on any atom is 0.261 e.